The second-order valence-electron chi connectivity index (χ2n) is 6.08. The van der Waals surface area contributed by atoms with Gasteiger partial charge in [-0.15, -0.1) is 0 Å². The lowest BCUT2D eigenvalue weighted by Gasteiger charge is -2.24. The molecule has 23 heavy (non-hydrogen) atoms. The molecule has 1 atom stereocenters. The van der Waals surface area contributed by atoms with Crippen molar-refractivity contribution in [1.82, 2.24) is 4.90 Å². The standard InChI is InChI=1S/C16H21F2N3O2/c17-13-8-11(9-14(18)15(13)20-5-1-2-6-20)19-16(23)21-7-3-4-12(21)10-22/h8-9,12,22H,1-7,10H2,(H,19,23)/t12-/m0/s1. The first kappa shape index (κ1) is 16.0. The normalized spacial score (nSPS) is 21.1. The first-order chi connectivity index (χ1) is 11.1. The van der Waals surface area contributed by atoms with Crippen LogP contribution in [0.1, 0.15) is 25.7 Å². The molecule has 3 rings (SSSR count). The molecule has 126 valence electrons. The van der Waals surface area contributed by atoms with Crippen LogP contribution in [0.25, 0.3) is 0 Å². The number of hydrogen-bond donors (Lipinski definition) is 2. The molecule has 0 radical (unpaired) electrons. The van der Waals surface area contributed by atoms with Gasteiger partial charge in [0.15, 0.2) is 11.6 Å². The minimum absolute atomic E-state index is 0.0186. The Morgan fingerprint density at radius 3 is 2.43 bits per heavy atom. The van der Waals surface area contributed by atoms with Crippen molar-refractivity contribution >= 4 is 17.4 Å². The Hall–Kier alpha value is -1.89. The number of aliphatic hydroxyl groups is 1. The molecule has 0 spiro atoms. The number of aliphatic hydroxyl groups excluding tert-OH is 1. The van der Waals surface area contributed by atoms with Crippen molar-refractivity contribution in [2.75, 3.05) is 36.5 Å². The topological polar surface area (TPSA) is 55.8 Å². The molecule has 2 heterocycles. The van der Waals surface area contributed by atoms with Crippen LogP contribution in [-0.2, 0) is 0 Å². The monoisotopic (exact) mass is 325 g/mol. The van der Waals surface area contributed by atoms with Gasteiger partial charge in [0.1, 0.15) is 5.69 Å². The third kappa shape index (κ3) is 3.24. The van der Waals surface area contributed by atoms with Crippen LogP contribution in [0.15, 0.2) is 12.1 Å². The number of hydrogen-bond acceptors (Lipinski definition) is 3. The van der Waals surface area contributed by atoms with E-state index in [1.807, 2.05) is 0 Å². The van der Waals surface area contributed by atoms with E-state index < -0.39 is 17.7 Å². The molecule has 1 aromatic carbocycles. The summed E-state index contributed by atoms with van der Waals surface area (Å²) in [5, 5.41) is 11.8. The van der Waals surface area contributed by atoms with Crippen molar-refractivity contribution in [2.45, 2.75) is 31.7 Å². The molecule has 0 saturated carbocycles. The van der Waals surface area contributed by atoms with E-state index in [4.69, 9.17) is 0 Å². The van der Waals surface area contributed by atoms with Crippen molar-refractivity contribution in [3.05, 3.63) is 23.8 Å². The van der Waals surface area contributed by atoms with E-state index in [9.17, 15) is 18.7 Å². The quantitative estimate of drug-likeness (QED) is 0.898. The lowest BCUT2D eigenvalue weighted by Crippen LogP contribution is -2.40. The number of likely N-dealkylation sites (tertiary alicyclic amines) is 1. The largest absolute Gasteiger partial charge is 0.394 e. The molecule has 0 aliphatic carbocycles. The number of urea groups is 1. The lowest BCUT2D eigenvalue weighted by atomic mass is 10.2. The van der Waals surface area contributed by atoms with Crippen molar-refractivity contribution in [3.63, 3.8) is 0 Å². The zero-order valence-electron chi connectivity index (χ0n) is 12.9. The molecular weight excluding hydrogens is 304 g/mol. The van der Waals surface area contributed by atoms with Gasteiger partial charge in [0.25, 0.3) is 0 Å². The van der Waals surface area contributed by atoms with Gasteiger partial charge in [-0.05, 0) is 37.8 Å². The average molecular weight is 325 g/mol. The molecule has 7 heteroatoms. The summed E-state index contributed by atoms with van der Waals surface area (Å²) >= 11 is 0. The van der Waals surface area contributed by atoms with Crippen LogP contribution in [0.4, 0.5) is 25.0 Å². The van der Waals surface area contributed by atoms with Crippen molar-refractivity contribution < 1.29 is 18.7 Å². The average Bonchev–Trinajstić information content (AvgIpc) is 3.17. The number of nitrogens with zero attached hydrogens (tertiary/aromatic N) is 2. The molecule has 2 aliphatic rings. The van der Waals surface area contributed by atoms with Crippen LogP contribution >= 0.6 is 0 Å². The van der Waals surface area contributed by atoms with Gasteiger partial charge >= 0.3 is 6.03 Å². The highest BCUT2D eigenvalue weighted by molar-refractivity contribution is 5.90. The molecule has 2 saturated heterocycles. The number of rotatable bonds is 3. The second kappa shape index (κ2) is 6.70. The Morgan fingerprint density at radius 2 is 1.83 bits per heavy atom. The van der Waals surface area contributed by atoms with Crippen LogP contribution < -0.4 is 10.2 Å². The molecule has 0 aromatic heterocycles. The molecule has 0 bridgehead atoms. The molecule has 1 aromatic rings. The van der Waals surface area contributed by atoms with Gasteiger partial charge in [-0.3, -0.25) is 0 Å². The molecule has 2 amide bonds. The van der Waals surface area contributed by atoms with Crippen molar-refractivity contribution in [3.8, 4) is 0 Å². The maximum Gasteiger partial charge on any atom is 0.322 e. The van der Waals surface area contributed by atoms with Gasteiger partial charge in [-0.1, -0.05) is 0 Å². The summed E-state index contributed by atoms with van der Waals surface area (Å²) in [6.07, 6.45) is 3.40. The lowest BCUT2D eigenvalue weighted by molar-refractivity contribution is 0.166. The van der Waals surface area contributed by atoms with Crippen LogP contribution in [0.3, 0.4) is 0 Å². The van der Waals surface area contributed by atoms with E-state index in [1.165, 1.54) is 4.90 Å². The van der Waals surface area contributed by atoms with Crippen molar-refractivity contribution in [2.24, 2.45) is 0 Å². The minimum atomic E-state index is -0.665. The summed E-state index contributed by atoms with van der Waals surface area (Å²) in [5.74, 6) is -1.33. The number of benzene rings is 1. The van der Waals surface area contributed by atoms with E-state index in [0.717, 1.165) is 37.8 Å². The van der Waals surface area contributed by atoms with Gasteiger partial charge in [-0.2, -0.15) is 0 Å². The van der Waals surface area contributed by atoms with E-state index in [-0.39, 0.29) is 24.0 Å². The number of anilines is 2. The van der Waals surface area contributed by atoms with E-state index in [1.54, 1.807) is 4.90 Å². The third-order valence-electron chi connectivity index (χ3n) is 4.54. The van der Waals surface area contributed by atoms with Gasteiger partial charge in [0.2, 0.25) is 0 Å². The van der Waals surface area contributed by atoms with Gasteiger partial charge in [0, 0.05) is 25.3 Å². The number of carbonyl (C=O) groups is 1. The maximum absolute atomic E-state index is 14.2. The summed E-state index contributed by atoms with van der Waals surface area (Å²) in [6, 6.07) is 1.64. The Morgan fingerprint density at radius 1 is 1.17 bits per heavy atom. The van der Waals surface area contributed by atoms with E-state index in [0.29, 0.717) is 19.6 Å². The van der Waals surface area contributed by atoms with Gasteiger partial charge in [-0.25, -0.2) is 13.6 Å². The van der Waals surface area contributed by atoms with Gasteiger partial charge < -0.3 is 20.2 Å². The fourth-order valence-electron chi connectivity index (χ4n) is 3.37. The number of nitrogens with one attached hydrogen (secondary N) is 1. The summed E-state index contributed by atoms with van der Waals surface area (Å²) in [4.78, 5) is 15.4. The zero-order valence-corrected chi connectivity index (χ0v) is 12.9. The van der Waals surface area contributed by atoms with Crippen LogP contribution in [0.2, 0.25) is 0 Å². The molecule has 2 N–H and O–H groups in total. The highest BCUT2D eigenvalue weighted by Crippen LogP contribution is 2.30. The maximum atomic E-state index is 14.2. The molecule has 5 nitrogen and oxygen atoms in total. The summed E-state index contributed by atoms with van der Waals surface area (Å²) in [6.45, 7) is 1.72. The summed E-state index contributed by atoms with van der Waals surface area (Å²) in [5.41, 5.74) is 0.0754. The van der Waals surface area contributed by atoms with Crippen molar-refractivity contribution in [1.29, 1.82) is 0 Å². The van der Waals surface area contributed by atoms with Crippen LogP contribution in [0, 0.1) is 11.6 Å². The summed E-state index contributed by atoms with van der Waals surface area (Å²) in [7, 11) is 0. The Balaban J connectivity index is 1.74. The predicted octanol–water partition coefficient (Wildman–Crippen LogP) is 2.55. The molecule has 0 unspecified atom stereocenters. The van der Waals surface area contributed by atoms with Crippen LogP contribution in [0.5, 0.6) is 0 Å². The number of amides is 2. The predicted molar refractivity (Wildman–Crippen MR) is 83.6 cm³/mol. The highest BCUT2D eigenvalue weighted by Gasteiger charge is 2.28. The fraction of sp³-hybridized carbons (Fsp3) is 0.562. The van der Waals surface area contributed by atoms with E-state index >= 15 is 0 Å². The first-order valence-corrected chi connectivity index (χ1v) is 8.02. The zero-order chi connectivity index (χ0) is 16.4. The van der Waals surface area contributed by atoms with Gasteiger partial charge in [0.05, 0.1) is 12.6 Å². The van der Waals surface area contributed by atoms with Crippen LogP contribution in [-0.4, -0.2) is 48.3 Å². The number of carbonyl (C=O) groups excluding carboxylic acids is 1. The first-order valence-electron chi connectivity index (χ1n) is 8.02. The minimum Gasteiger partial charge on any atom is -0.394 e. The molecule has 2 fully saturated rings. The third-order valence-corrected chi connectivity index (χ3v) is 4.54. The smallest absolute Gasteiger partial charge is 0.322 e. The highest BCUT2D eigenvalue weighted by atomic mass is 19.1. The fourth-order valence-corrected chi connectivity index (χ4v) is 3.37. The molecule has 2 aliphatic heterocycles. The second-order valence-corrected chi connectivity index (χ2v) is 6.08. The Labute approximate surface area is 133 Å². The Kier molecular flexibility index (Phi) is 4.66. The summed E-state index contributed by atoms with van der Waals surface area (Å²) < 4.78 is 28.5. The number of halogens is 2. The Bertz CT molecular complexity index is 568. The molecular formula is C16H21F2N3O2. The van der Waals surface area contributed by atoms with E-state index in [2.05, 4.69) is 5.32 Å². The SMILES string of the molecule is O=C(Nc1cc(F)c(N2CCCC2)c(F)c1)N1CCC[C@H]1CO.